The Labute approximate surface area is 86.4 Å². The average molecular weight is 212 g/mol. The number of aromatic nitrogens is 2. The van der Waals surface area contributed by atoms with E-state index in [0.29, 0.717) is 5.69 Å². The van der Waals surface area contributed by atoms with Crippen LogP contribution in [0.2, 0.25) is 0 Å². The Kier molecular flexibility index (Phi) is 2.57. The van der Waals surface area contributed by atoms with E-state index in [9.17, 15) is 9.18 Å². The first-order chi connectivity index (χ1) is 7.20. The van der Waals surface area contributed by atoms with Gasteiger partial charge in [-0.1, -0.05) is 0 Å². The number of anilines is 1. The molecule has 5 nitrogen and oxygen atoms in total. The summed E-state index contributed by atoms with van der Waals surface area (Å²) in [6.45, 7) is -0.397. The van der Waals surface area contributed by atoms with Gasteiger partial charge in [0, 0.05) is 12.2 Å². The maximum absolute atomic E-state index is 12.0. The van der Waals surface area contributed by atoms with Crippen LogP contribution in [0.15, 0.2) is 6.20 Å². The Morgan fingerprint density at radius 3 is 3.07 bits per heavy atom. The minimum absolute atomic E-state index is 0.126. The minimum Gasteiger partial charge on any atom is -0.396 e. The summed E-state index contributed by atoms with van der Waals surface area (Å²) in [4.78, 5) is 11.6. The summed E-state index contributed by atoms with van der Waals surface area (Å²) in [6, 6.07) is 0.267. The molecule has 1 aliphatic rings. The number of amides is 1. The molecule has 1 aromatic rings. The molecule has 0 atom stereocenters. The molecule has 1 aliphatic carbocycles. The van der Waals surface area contributed by atoms with Gasteiger partial charge in [-0.05, 0) is 12.8 Å². The number of aryl methyl sites for hydroxylation is 1. The lowest BCUT2D eigenvalue weighted by Crippen LogP contribution is -2.26. The lowest BCUT2D eigenvalue weighted by Gasteiger charge is -1.99. The second-order valence-electron chi connectivity index (χ2n) is 3.63. The first-order valence-corrected chi connectivity index (χ1v) is 4.90. The van der Waals surface area contributed by atoms with Crippen LogP contribution in [-0.2, 0) is 6.54 Å². The molecule has 82 valence electrons. The quantitative estimate of drug-likeness (QED) is 0.755. The van der Waals surface area contributed by atoms with Crippen LogP contribution < -0.4 is 11.1 Å². The third-order valence-corrected chi connectivity index (χ3v) is 2.23. The molecule has 6 heteroatoms. The van der Waals surface area contributed by atoms with Gasteiger partial charge in [-0.15, -0.1) is 0 Å². The summed E-state index contributed by atoms with van der Waals surface area (Å²) in [7, 11) is 0. The molecule has 3 N–H and O–H groups in total. The minimum atomic E-state index is -0.523. The van der Waals surface area contributed by atoms with Crippen molar-refractivity contribution in [3.63, 3.8) is 0 Å². The van der Waals surface area contributed by atoms with Crippen molar-refractivity contribution in [1.29, 1.82) is 0 Å². The molecule has 1 amide bonds. The standard InChI is InChI=1S/C9H13FN4O/c10-3-4-14-5-7(11)8(13-14)9(15)12-6-1-2-6/h5-6H,1-4,11H2,(H,12,15). The largest absolute Gasteiger partial charge is 0.396 e. The molecule has 0 bridgehead atoms. The van der Waals surface area contributed by atoms with E-state index in [2.05, 4.69) is 10.4 Å². The van der Waals surface area contributed by atoms with E-state index < -0.39 is 6.67 Å². The topological polar surface area (TPSA) is 72.9 Å². The molecule has 0 aromatic carbocycles. The van der Waals surface area contributed by atoms with E-state index in [4.69, 9.17) is 5.73 Å². The zero-order valence-corrected chi connectivity index (χ0v) is 8.24. The van der Waals surface area contributed by atoms with Crippen LogP contribution >= 0.6 is 0 Å². The summed E-state index contributed by atoms with van der Waals surface area (Å²) in [5.74, 6) is -0.271. The van der Waals surface area contributed by atoms with Crippen molar-refractivity contribution in [3.8, 4) is 0 Å². The van der Waals surface area contributed by atoms with Gasteiger partial charge in [-0.3, -0.25) is 9.48 Å². The highest BCUT2D eigenvalue weighted by Gasteiger charge is 2.25. The van der Waals surface area contributed by atoms with Crippen LogP contribution in [0.3, 0.4) is 0 Å². The summed E-state index contributed by atoms with van der Waals surface area (Å²) in [6.07, 6.45) is 3.50. The lowest BCUT2D eigenvalue weighted by molar-refractivity contribution is 0.0946. The fraction of sp³-hybridized carbons (Fsp3) is 0.556. The molecule has 0 spiro atoms. The fourth-order valence-electron chi connectivity index (χ4n) is 1.30. The van der Waals surface area contributed by atoms with Crippen LogP contribution in [0.4, 0.5) is 10.1 Å². The number of nitrogens with one attached hydrogen (secondary N) is 1. The number of nitrogen functional groups attached to an aromatic ring is 1. The molecule has 0 radical (unpaired) electrons. The summed E-state index contributed by atoms with van der Waals surface area (Å²) < 4.78 is 13.4. The van der Waals surface area contributed by atoms with Crippen molar-refractivity contribution in [2.45, 2.75) is 25.4 Å². The molecule has 0 saturated heterocycles. The van der Waals surface area contributed by atoms with Gasteiger partial charge in [-0.2, -0.15) is 5.10 Å². The van der Waals surface area contributed by atoms with Gasteiger partial charge in [0.25, 0.3) is 5.91 Å². The Balaban J connectivity index is 2.08. The van der Waals surface area contributed by atoms with Gasteiger partial charge in [-0.25, -0.2) is 4.39 Å². The third-order valence-electron chi connectivity index (χ3n) is 2.23. The molecule has 1 saturated carbocycles. The van der Waals surface area contributed by atoms with E-state index in [-0.39, 0.29) is 24.2 Å². The van der Waals surface area contributed by atoms with Crippen LogP contribution in [0.5, 0.6) is 0 Å². The predicted octanol–water partition coefficient (Wildman–Crippen LogP) is 0.327. The highest BCUT2D eigenvalue weighted by molar-refractivity contribution is 5.97. The van der Waals surface area contributed by atoms with Gasteiger partial charge in [0.2, 0.25) is 0 Å². The predicted molar refractivity (Wildman–Crippen MR) is 53.1 cm³/mol. The highest BCUT2D eigenvalue weighted by Crippen LogP contribution is 2.20. The smallest absolute Gasteiger partial charge is 0.274 e. The molecular formula is C9H13FN4O. The van der Waals surface area contributed by atoms with Crippen molar-refractivity contribution < 1.29 is 9.18 Å². The molecule has 1 heterocycles. The van der Waals surface area contributed by atoms with Gasteiger partial charge < -0.3 is 11.1 Å². The number of hydrogen-bond acceptors (Lipinski definition) is 3. The highest BCUT2D eigenvalue weighted by atomic mass is 19.1. The maximum atomic E-state index is 12.0. The molecule has 0 aliphatic heterocycles. The van der Waals surface area contributed by atoms with Gasteiger partial charge in [0.1, 0.15) is 6.67 Å². The SMILES string of the molecule is Nc1cn(CCF)nc1C(=O)NC1CC1. The normalized spacial score (nSPS) is 15.3. The van der Waals surface area contributed by atoms with Crippen LogP contribution in [0.25, 0.3) is 0 Å². The second kappa shape index (κ2) is 3.88. The van der Waals surface area contributed by atoms with Crippen LogP contribution in [-0.4, -0.2) is 28.4 Å². The lowest BCUT2D eigenvalue weighted by atomic mass is 10.3. The Bertz CT molecular complexity index is 372. The van der Waals surface area contributed by atoms with Crippen molar-refractivity contribution in [2.24, 2.45) is 0 Å². The van der Waals surface area contributed by atoms with Crippen molar-refractivity contribution >= 4 is 11.6 Å². The number of halogens is 1. The summed E-state index contributed by atoms with van der Waals surface area (Å²) in [5.41, 5.74) is 6.09. The van der Waals surface area contributed by atoms with E-state index in [1.54, 1.807) is 0 Å². The first-order valence-electron chi connectivity index (χ1n) is 4.90. The average Bonchev–Trinajstić information content (AvgIpc) is 2.90. The molecule has 0 unspecified atom stereocenters. The third kappa shape index (κ3) is 2.26. The molecular weight excluding hydrogens is 199 g/mol. The number of carbonyl (C=O) groups is 1. The maximum Gasteiger partial charge on any atom is 0.274 e. The van der Waals surface area contributed by atoms with Gasteiger partial charge >= 0.3 is 0 Å². The van der Waals surface area contributed by atoms with E-state index in [0.717, 1.165) is 12.8 Å². The molecule has 1 fully saturated rings. The van der Waals surface area contributed by atoms with Crippen LogP contribution in [0, 0.1) is 0 Å². The summed E-state index contributed by atoms with van der Waals surface area (Å²) >= 11 is 0. The number of carbonyl (C=O) groups excluding carboxylic acids is 1. The number of nitrogens with zero attached hydrogens (tertiary/aromatic N) is 2. The molecule has 15 heavy (non-hydrogen) atoms. The van der Waals surface area contributed by atoms with Gasteiger partial charge in [0.15, 0.2) is 5.69 Å². The van der Waals surface area contributed by atoms with E-state index >= 15 is 0 Å². The van der Waals surface area contributed by atoms with Gasteiger partial charge in [0.05, 0.1) is 12.2 Å². The number of hydrogen-bond donors (Lipinski definition) is 2. The summed E-state index contributed by atoms with van der Waals surface area (Å²) in [5, 5.41) is 6.70. The number of alkyl halides is 1. The Morgan fingerprint density at radius 2 is 2.47 bits per heavy atom. The van der Waals surface area contributed by atoms with Crippen molar-refractivity contribution in [3.05, 3.63) is 11.9 Å². The second-order valence-corrected chi connectivity index (χ2v) is 3.63. The molecule has 2 rings (SSSR count). The number of rotatable bonds is 4. The first kappa shape index (κ1) is 9.95. The Morgan fingerprint density at radius 1 is 1.73 bits per heavy atom. The van der Waals surface area contributed by atoms with Crippen molar-refractivity contribution in [1.82, 2.24) is 15.1 Å². The zero-order valence-electron chi connectivity index (χ0n) is 8.24. The zero-order chi connectivity index (χ0) is 10.8. The van der Waals surface area contributed by atoms with E-state index in [1.807, 2.05) is 0 Å². The van der Waals surface area contributed by atoms with E-state index in [1.165, 1.54) is 10.9 Å². The Hall–Kier alpha value is -1.59. The monoisotopic (exact) mass is 212 g/mol. The van der Waals surface area contributed by atoms with Crippen LogP contribution in [0.1, 0.15) is 23.3 Å². The fourth-order valence-corrected chi connectivity index (χ4v) is 1.30. The van der Waals surface area contributed by atoms with Crippen molar-refractivity contribution in [2.75, 3.05) is 12.4 Å². The molecule has 1 aromatic heterocycles. The number of nitrogens with two attached hydrogens (primary N) is 1.